The Morgan fingerprint density at radius 3 is 2.36 bits per heavy atom. The van der Waals surface area contributed by atoms with E-state index in [1.807, 2.05) is 0 Å². The summed E-state index contributed by atoms with van der Waals surface area (Å²) in [7, 11) is 0. The van der Waals surface area contributed by atoms with Crippen molar-refractivity contribution in [3.05, 3.63) is 19.1 Å². The molecular formula is C11H21. The molecule has 2 atom stereocenters. The Hall–Kier alpha value is -0.260. The zero-order chi connectivity index (χ0) is 8.69. The van der Waals surface area contributed by atoms with Crippen molar-refractivity contribution in [1.29, 1.82) is 0 Å². The lowest BCUT2D eigenvalue weighted by Crippen LogP contribution is -1.94. The molecule has 0 aromatic rings. The maximum Gasteiger partial charge on any atom is -0.0262 e. The summed E-state index contributed by atoms with van der Waals surface area (Å²) in [5, 5.41) is 0. The van der Waals surface area contributed by atoms with E-state index in [9.17, 15) is 0 Å². The highest BCUT2D eigenvalue weighted by Crippen LogP contribution is 2.12. The zero-order valence-electron chi connectivity index (χ0n) is 8.14. The van der Waals surface area contributed by atoms with Crippen LogP contribution in [0.4, 0.5) is 0 Å². The second kappa shape index (κ2) is 6.45. The molecule has 11 heavy (non-hydrogen) atoms. The van der Waals surface area contributed by atoms with Gasteiger partial charge in [-0.25, -0.2) is 0 Å². The summed E-state index contributed by atoms with van der Waals surface area (Å²) in [5.41, 5.74) is 0. The third-order valence-corrected chi connectivity index (χ3v) is 1.82. The van der Waals surface area contributed by atoms with Crippen LogP contribution in [0.1, 0.15) is 40.0 Å². The average Bonchev–Trinajstić information content (AvgIpc) is 1.97. The van der Waals surface area contributed by atoms with Gasteiger partial charge >= 0.3 is 0 Å². The minimum Gasteiger partial charge on any atom is -0.0885 e. The molecule has 0 aliphatic heterocycles. The van der Waals surface area contributed by atoms with Crippen molar-refractivity contribution in [3.63, 3.8) is 0 Å². The van der Waals surface area contributed by atoms with Crippen molar-refractivity contribution < 1.29 is 0 Å². The van der Waals surface area contributed by atoms with Crippen LogP contribution in [-0.4, -0.2) is 0 Å². The van der Waals surface area contributed by atoms with E-state index in [4.69, 9.17) is 0 Å². The number of hydrogen-bond donors (Lipinski definition) is 0. The van der Waals surface area contributed by atoms with E-state index in [1.165, 1.54) is 12.8 Å². The summed E-state index contributed by atoms with van der Waals surface area (Å²) in [6.07, 6.45) is 8.24. The van der Waals surface area contributed by atoms with Gasteiger partial charge in [-0.3, -0.25) is 0 Å². The average molecular weight is 153 g/mol. The third-order valence-electron chi connectivity index (χ3n) is 1.82. The Labute approximate surface area is 71.7 Å². The highest BCUT2D eigenvalue weighted by molar-refractivity contribution is 4.85. The number of hydrogen-bond acceptors (Lipinski definition) is 0. The molecule has 0 heterocycles. The molecule has 0 saturated heterocycles. The second-order valence-corrected chi connectivity index (χ2v) is 3.50. The Kier molecular flexibility index (Phi) is 6.30. The third kappa shape index (κ3) is 7.64. The highest BCUT2D eigenvalue weighted by atomic mass is 14.0. The fraction of sp³-hybridized carbons (Fsp3) is 0.727. The summed E-state index contributed by atoms with van der Waals surface area (Å²) >= 11 is 0. The standard InChI is InChI=1S/C11H21/c1-5-6-7-11(4)9-8-10(2)3/h6-7,10-11H,2,5,8-9H2,1,3-4H3. The Morgan fingerprint density at radius 2 is 1.91 bits per heavy atom. The molecule has 0 spiro atoms. The smallest absolute Gasteiger partial charge is 0.0262 e. The molecule has 0 aliphatic carbocycles. The van der Waals surface area contributed by atoms with E-state index >= 15 is 0 Å². The molecule has 0 saturated carbocycles. The zero-order valence-corrected chi connectivity index (χ0v) is 8.14. The monoisotopic (exact) mass is 153 g/mol. The van der Waals surface area contributed by atoms with Gasteiger partial charge in [-0.15, -0.1) is 0 Å². The van der Waals surface area contributed by atoms with E-state index in [-0.39, 0.29) is 0 Å². The molecule has 65 valence electrons. The van der Waals surface area contributed by atoms with Crippen LogP contribution in [0, 0.1) is 18.8 Å². The number of rotatable bonds is 5. The van der Waals surface area contributed by atoms with E-state index in [0.29, 0.717) is 5.92 Å². The molecule has 0 aliphatic rings. The fourth-order valence-corrected chi connectivity index (χ4v) is 1.01. The van der Waals surface area contributed by atoms with Crippen molar-refractivity contribution >= 4 is 0 Å². The van der Waals surface area contributed by atoms with Gasteiger partial charge in [0.1, 0.15) is 0 Å². The van der Waals surface area contributed by atoms with Crippen LogP contribution >= 0.6 is 0 Å². The van der Waals surface area contributed by atoms with Gasteiger partial charge in [-0.2, -0.15) is 0 Å². The van der Waals surface area contributed by atoms with Gasteiger partial charge in [0, 0.05) is 0 Å². The molecule has 1 radical (unpaired) electrons. The normalized spacial score (nSPS) is 14.6. The Morgan fingerprint density at radius 1 is 1.27 bits per heavy atom. The molecule has 0 N–H and O–H groups in total. The quantitative estimate of drug-likeness (QED) is 0.526. The molecule has 0 aromatic carbocycles. The molecule has 0 heteroatoms. The van der Waals surface area contributed by atoms with Gasteiger partial charge in [-0.1, -0.05) is 46.3 Å². The maximum atomic E-state index is 3.97. The molecular weight excluding hydrogens is 132 g/mol. The van der Waals surface area contributed by atoms with Crippen LogP contribution in [0.25, 0.3) is 0 Å². The maximum absolute atomic E-state index is 3.97. The first-order valence-electron chi connectivity index (χ1n) is 4.66. The van der Waals surface area contributed by atoms with Crippen LogP contribution in [-0.2, 0) is 0 Å². The molecule has 2 unspecified atom stereocenters. The van der Waals surface area contributed by atoms with Gasteiger partial charge in [0.15, 0.2) is 0 Å². The van der Waals surface area contributed by atoms with E-state index < -0.39 is 0 Å². The van der Waals surface area contributed by atoms with Gasteiger partial charge < -0.3 is 0 Å². The summed E-state index contributed by atoms with van der Waals surface area (Å²) in [5.74, 6) is 1.34. The molecule has 0 aromatic heterocycles. The molecule has 0 rings (SSSR count). The van der Waals surface area contributed by atoms with Gasteiger partial charge in [0.2, 0.25) is 0 Å². The largest absolute Gasteiger partial charge is 0.0885 e. The van der Waals surface area contributed by atoms with Gasteiger partial charge in [-0.05, 0) is 24.7 Å². The second-order valence-electron chi connectivity index (χ2n) is 3.50. The fourth-order valence-electron chi connectivity index (χ4n) is 1.01. The molecule has 0 fully saturated rings. The van der Waals surface area contributed by atoms with Crippen LogP contribution in [0.3, 0.4) is 0 Å². The first kappa shape index (κ1) is 10.7. The SMILES string of the molecule is [CH2]C(C)CCC(C)C=CCC. The van der Waals surface area contributed by atoms with Gasteiger partial charge in [0.05, 0.1) is 0 Å². The van der Waals surface area contributed by atoms with Crippen LogP contribution < -0.4 is 0 Å². The van der Waals surface area contributed by atoms with E-state index in [0.717, 1.165) is 12.3 Å². The number of allylic oxidation sites excluding steroid dienone is 2. The Balaban J connectivity index is 3.36. The predicted molar refractivity (Wildman–Crippen MR) is 52.4 cm³/mol. The molecule has 0 amide bonds. The van der Waals surface area contributed by atoms with Crippen molar-refractivity contribution in [2.45, 2.75) is 40.0 Å². The molecule has 0 bridgehead atoms. The lowest BCUT2D eigenvalue weighted by Gasteiger charge is -2.07. The van der Waals surface area contributed by atoms with Crippen molar-refractivity contribution in [2.24, 2.45) is 11.8 Å². The minimum atomic E-state index is 0.604. The van der Waals surface area contributed by atoms with Crippen LogP contribution in [0.5, 0.6) is 0 Å². The summed E-state index contributed by atoms with van der Waals surface area (Å²) < 4.78 is 0. The van der Waals surface area contributed by atoms with Crippen molar-refractivity contribution in [3.8, 4) is 0 Å². The van der Waals surface area contributed by atoms with E-state index in [2.05, 4.69) is 39.8 Å². The topological polar surface area (TPSA) is 0 Å². The Bertz CT molecular complexity index is 101. The first-order chi connectivity index (χ1) is 5.16. The van der Waals surface area contributed by atoms with Gasteiger partial charge in [0.25, 0.3) is 0 Å². The first-order valence-corrected chi connectivity index (χ1v) is 4.66. The summed E-state index contributed by atoms with van der Waals surface area (Å²) in [4.78, 5) is 0. The van der Waals surface area contributed by atoms with Crippen molar-refractivity contribution in [1.82, 2.24) is 0 Å². The predicted octanol–water partition coefficient (Wildman–Crippen LogP) is 3.84. The summed E-state index contributed by atoms with van der Waals surface area (Å²) in [6, 6.07) is 0. The van der Waals surface area contributed by atoms with Crippen molar-refractivity contribution in [2.75, 3.05) is 0 Å². The lowest BCUT2D eigenvalue weighted by atomic mass is 9.99. The van der Waals surface area contributed by atoms with Crippen LogP contribution in [0.2, 0.25) is 0 Å². The minimum absolute atomic E-state index is 0.604. The highest BCUT2D eigenvalue weighted by Gasteiger charge is 1.98. The molecule has 0 nitrogen and oxygen atoms in total. The lowest BCUT2D eigenvalue weighted by molar-refractivity contribution is 0.532. The summed E-state index contributed by atoms with van der Waals surface area (Å²) in [6.45, 7) is 10.6. The van der Waals surface area contributed by atoms with E-state index in [1.54, 1.807) is 0 Å². The van der Waals surface area contributed by atoms with Crippen LogP contribution in [0.15, 0.2) is 12.2 Å².